The number of methoxy groups -OCH3 is 2. The van der Waals surface area contributed by atoms with E-state index in [1.807, 2.05) is 29.2 Å². The number of tetrazole rings is 1. The number of rotatable bonds is 7. The van der Waals surface area contributed by atoms with Crippen molar-refractivity contribution in [3.05, 3.63) is 70.2 Å². The Morgan fingerprint density at radius 1 is 1.19 bits per heavy atom. The van der Waals surface area contributed by atoms with E-state index in [0.717, 1.165) is 10.1 Å². The number of carbonyl (C=O) groups excluding carboxylic acids is 1. The fraction of sp³-hybridized carbons (Fsp3) is 0.250. The molecule has 3 aromatic heterocycles. The molecule has 1 aromatic carbocycles. The molecule has 0 amide bonds. The minimum Gasteiger partial charge on any atom is -0.497 e. The van der Waals surface area contributed by atoms with Gasteiger partial charge in [0.2, 0.25) is 0 Å². The summed E-state index contributed by atoms with van der Waals surface area (Å²) >= 11 is 0. The predicted octanol–water partition coefficient (Wildman–Crippen LogP) is 1.93. The molecule has 0 unspecified atom stereocenters. The van der Waals surface area contributed by atoms with E-state index >= 15 is 0 Å². The third-order valence-corrected chi connectivity index (χ3v) is 4.73. The van der Waals surface area contributed by atoms with E-state index in [-0.39, 0.29) is 24.5 Å². The Hall–Kier alpha value is -3.99. The Morgan fingerprint density at radius 3 is 2.81 bits per heavy atom. The lowest BCUT2D eigenvalue weighted by atomic mass is 10.1. The number of furan rings is 1. The third-order valence-electron chi connectivity index (χ3n) is 4.73. The summed E-state index contributed by atoms with van der Waals surface area (Å²) in [6.45, 7) is 0.829. The van der Waals surface area contributed by atoms with Crippen molar-refractivity contribution in [1.29, 1.82) is 0 Å². The van der Waals surface area contributed by atoms with E-state index in [0.29, 0.717) is 29.1 Å². The van der Waals surface area contributed by atoms with Crippen LogP contribution in [0.2, 0.25) is 0 Å². The number of carbonyl (C=O) groups is 1. The third kappa shape index (κ3) is 4.46. The average molecular weight is 424 g/mol. The monoisotopic (exact) mass is 424 g/mol. The van der Waals surface area contributed by atoms with Gasteiger partial charge in [-0.05, 0) is 46.1 Å². The normalized spacial score (nSPS) is 11.2. The molecule has 4 aromatic rings. The molecule has 0 bridgehead atoms. The maximum atomic E-state index is 12.7. The Bertz CT molecular complexity index is 1250. The van der Waals surface area contributed by atoms with Crippen LogP contribution in [0.3, 0.4) is 0 Å². The molecule has 0 spiro atoms. The number of ether oxygens (including phenoxy) is 2. The molecule has 11 heteroatoms. The summed E-state index contributed by atoms with van der Waals surface area (Å²) in [7, 11) is 2.82. The number of aromatic nitrogens is 5. The molecule has 0 aliphatic rings. The summed E-state index contributed by atoms with van der Waals surface area (Å²) in [5.74, 6) is 1.63. The molecule has 0 aliphatic carbocycles. The van der Waals surface area contributed by atoms with Crippen LogP contribution in [-0.2, 0) is 24.4 Å². The van der Waals surface area contributed by atoms with E-state index in [4.69, 9.17) is 13.9 Å². The molecule has 3 heterocycles. The first-order valence-corrected chi connectivity index (χ1v) is 9.37. The Kier molecular flexibility index (Phi) is 5.76. The number of aromatic amines is 1. The van der Waals surface area contributed by atoms with Gasteiger partial charge in [-0.25, -0.2) is 4.79 Å². The van der Waals surface area contributed by atoms with Gasteiger partial charge in [-0.15, -0.1) is 9.78 Å². The van der Waals surface area contributed by atoms with Crippen LogP contribution >= 0.6 is 0 Å². The molecular weight excluding hydrogens is 404 g/mol. The van der Waals surface area contributed by atoms with Crippen LogP contribution in [0, 0.1) is 0 Å². The number of fused-ring (bicyclic) bond motifs is 1. The zero-order valence-electron chi connectivity index (χ0n) is 16.9. The van der Waals surface area contributed by atoms with Crippen LogP contribution in [-0.4, -0.2) is 50.4 Å². The van der Waals surface area contributed by atoms with Gasteiger partial charge in [-0.2, -0.15) is 0 Å². The molecule has 0 saturated heterocycles. The summed E-state index contributed by atoms with van der Waals surface area (Å²) in [6.07, 6.45) is 0.873. The van der Waals surface area contributed by atoms with Crippen molar-refractivity contribution in [2.75, 3.05) is 14.2 Å². The Morgan fingerprint density at radius 2 is 2.06 bits per heavy atom. The molecule has 0 saturated carbocycles. The maximum Gasteiger partial charge on any atom is 0.437 e. The fourth-order valence-corrected chi connectivity index (χ4v) is 3.23. The zero-order valence-corrected chi connectivity index (χ0v) is 16.9. The lowest BCUT2D eigenvalue weighted by molar-refractivity contribution is 0.164. The fourth-order valence-electron chi connectivity index (χ4n) is 3.23. The Labute approximate surface area is 176 Å². The largest absolute Gasteiger partial charge is 0.497 e. The molecule has 31 heavy (non-hydrogen) atoms. The van der Waals surface area contributed by atoms with E-state index in [1.165, 1.54) is 7.11 Å². The smallest absolute Gasteiger partial charge is 0.437 e. The van der Waals surface area contributed by atoms with Gasteiger partial charge in [0.05, 0.1) is 39.1 Å². The summed E-state index contributed by atoms with van der Waals surface area (Å²) in [5, 5.41) is 12.0. The maximum absolute atomic E-state index is 12.7. The second-order valence-electron chi connectivity index (χ2n) is 6.78. The zero-order chi connectivity index (χ0) is 21.8. The van der Waals surface area contributed by atoms with Crippen molar-refractivity contribution in [3.63, 3.8) is 0 Å². The summed E-state index contributed by atoms with van der Waals surface area (Å²) in [4.78, 5) is 29.4. The van der Waals surface area contributed by atoms with Gasteiger partial charge in [0.15, 0.2) is 5.82 Å². The van der Waals surface area contributed by atoms with Crippen LogP contribution in [0.5, 0.6) is 5.75 Å². The van der Waals surface area contributed by atoms with Crippen molar-refractivity contribution in [2.45, 2.75) is 19.6 Å². The quantitative estimate of drug-likeness (QED) is 0.442. The molecular formula is C20H20N6O5. The Balaban J connectivity index is 1.65. The molecule has 0 radical (unpaired) electrons. The predicted molar refractivity (Wildman–Crippen MR) is 108 cm³/mol. The second-order valence-corrected chi connectivity index (χ2v) is 6.78. The lowest BCUT2D eigenvalue weighted by Gasteiger charge is -2.20. The highest BCUT2D eigenvalue weighted by Gasteiger charge is 2.19. The van der Waals surface area contributed by atoms with Crippen molar-refractivity contribution >= 4 is 17.0 Å². The molecule has 1 N–H and O–H groups in total. The van der Waals surface area contributed by atoms with E-state index in [2.05, 4.69) is 20.5 Å². The number of hydrogen-bond donors (Lipinski definition) is 1. The molecule has 0 fully saturated rings. The molecule has 0 aliphatic heterocycles. The minimum absolute atomic E-state index is 0.183. The summed E-state index contributed by atoms with van der Waals surface area (Å²) in [5.41, 5.74) is 0.999. The highest BCUT2D eigenvalue weighted by molar-refractivity contribution is 5.80. The topological polar surface area (TPSA) is 128 Å². The summed E-state index contributed by atoms with van der Waals surface area (Å²) < 4.78 is 16.4. The lowest BCUT2D eigenvalue weighted by Crippen LogP contribution is -2.29. The highest BCUT2D eigenvalue weighted by Crippen LogP contribution is 2.20. The van der Waals surface area contributed by atoms with Gasteiger partial charge in [0.1, 0.15) is 11.5 Å². The van der Waals surface area contributed by atoms with Crippen LogP contribution in [0.25, 0.3) is 10.9 Å². The van der Waals surface area contributed by atoms with Gasteiger partial charge < -0.3 is 18.9 Å². The average Bonchev–Trinajstić information content (AvgIpc) is 3.45. The highest BCUT2D eigenvalue weighted by atomic mass is 16.5. The standard InChI is InChI=1S/C20H20N6O5/c1-29-15-6-5-13-8-14(19(27)21-17(13)9-15)10-25(11-16-4-3-7-31-16)12-18-22-23-24-26(18)20(28)30-2/h3-9H,10-12H2,1-2H3,(H,21,27). The molecule has 4 rings (SSSR count). The van der Waals surface area contributed by atoms with Gasteiger partial charge >= 0.3 is 6.09 Å². The van der Waals surface area contributed by atoms with Crippen molar-refractivity contribution in [1.82, 2.24) is 30.1 Å². The first-order valence-electron chi connectivity index (χ1n) is 9.37. The van der Waals surface area contributed by atoms with Crippen LogP contribution in [0.15, 0.2) is 51.9 Å². The molecule has 0 atom stereocenters. The van der Waals surface area contributed by atoms with Crippen LogP contribution in [0.1, 0.15) is 17.1 Å². The van der Waals surface area contributed by atoms with Gasteiger partial charge in [0.25, 0.3) is 5.56 Å². The van der Waals surface area contributed by atoms with Crippen molar-refractivity contribution < 1.29 is 18.7 Å². The molecule has 11 nitrogen and oxygen atoms in total. The van der Waals surface area contributed by atoms with E-state index < -0.39 is 6.09 Å². The SMILES string of the molecule is COC(=O)n1nnnc1CN(Cc1ccco1)Cc1cc2ccc(OC)cc2[nH]c1=O. The second kappa shape index (κ2) is 8.79. The van der Waals surface area contributed by atoms with Crippen molar-refractivity contribution in [2.24, 2.45) is 0 Å². The number of nitrogens with one attached hydrogen (secondary N) is 1. The number of benzene rings is 1. The van der Waals surface area contributed by atoms with Crippen LogP contribution in [0.4, 0.5) is 4.79 Å². The first kappa shape index (κ1) is 20.3. The minimum atomic E-state index is -0.699. The van der Waals surface area contributed by atoms with E-state index in [1.54, 1.807) is 25.5 Å². The number of H-pyrrole nitrogens is 1. The van der Waals surface area contributed by atoms with Gasteiger partial charge in [-0.1, -0.05) is 0 Å². The number of nitrogens with zero attached hydrogens (tertiary/aromatic N) is 5. The van der Waals surface area contributed by atoms with Gasteiger partial charge in [-0.3, -0.25) is 9.69 Å². The first-order chi connectivity index (χ1) is 15.1. The summed E-state index contributed by atoms with van der Waals surface area (Å²) in [6, 6.07) is 10.9. The van der Waals surface area contributed by atoms with Crippen molar-refractivity contribution in [3.8, 4) is 5.75 Å². The number of pyridine rings is 1. The molecule has 160 valence electrons. The van der Waals surface area contributed by atoms with Crippen LogP contribution < -0.4 is 10.3 Å². The van der Waals surface area contributed by atoms with Gasteiger partial charge in [0, 0.05) is 18.2 Å². The number of hydrogen-bond acceptors (Lipinski definition) is 9. The van der Waals surface area contributed by atoms with E-state index in [9.17, 15) is 9.59 Å².